The number of anilines is 1. The summed E-state index contributed by atoms with van der Waals surface area (Å²) in [6.45, 7) is 7.03. The third-order valence-electron chi connectivity index (χ3n) is 5.89. The van der Waals surface area contributed by atoms with Gasteiger partial charge in [0, 0.05) is 31.5 Å². The highest BCUT2D eigenvalue weighted by Crippen LogP contribution is 2.26. The third kappa shape index (κ3) is 4.14. The van der Waals surface area contributed by atoms with Crippen LogP contribution in [0.15, 0.2) is 35.2 Å². The maximum atomic E-state index is 13.2. The fourth-order valence-electron chi connectivity index (χ4n) is 4.10. The molecule has 1 amide bonds. The van der Waals surface area contributed by atoms with Crippen molar-refractivity contribution in [3.63, 3.8) is 0 Å². The standard InChI is InChI=1S/C23H29N5O3S/c1-15(2)20-14-19(21-16(3)26-27(4)22(21)25-20)23(29)24-17-8-10-18(11-9-17)32(30,31)28-12-6-5-7-13-28/h8-11,14-15H,5-7,12-13H2,1-4H3,(H,24,29). The van der Waals surface area contributed by atoms with Crippen molar-refractivity contribution in [3.8, 4) is 0 Å². The van der Waals surface area contributed by atoms with Crippen molar-refractivity contribution in [2.45, 2.75) is 50.8 Å². The van der Waals surface area contributed by atoms with Crippen LogP contribution in [0.5, 0.6) is 0 Å². The number of carbonyl (C=O) groups excluding carboxylic acids is 1. The second-order valence-electron chi connectivity index (χ2n) is 8.60. The Bertz CT molecular complexity index is 1260. The second-order valence-corrected chi connectivity index (χ2v) is 10.5. The van der Waals surface area contributed by atoms with Crippen molar-refractivity contribution in [3.05, 3.63) is 47.3 Å². The monoisotopic (exact) mass is 455 g/mol. The Hall–Kier alpha value is -2.78. The molecule has 3 heterocycles. The molecule has 8 nitrogen and oxygen atoms in total. The Morgan fingerprint density at radius 3 is 2.38 bits per heavy atom. The Kier molecular flexibility index (Phi) is 6.05. The Morgan fingerprint density at radius 1 is 1.09 bits per heavy atom. The number of nitrogens with zero attached hydrogens (tertiary/aromatic N) is 4. The molecular formula is C23H29N5O3S. The number of piperidine rings is 1. The van der Waals surface area contributed by atoms with Crippen molar-refractivity contribution in [1.82, 2.24) is 19.1 Å². The molecule has 0 radical (unpaired) electrons. The van der Waals surface area contributed by atoms with Gasteiger partial charge < -0.3 is 5.32 Å². The lowest BCUT2D eigenvalue weighted by atomic mass is 10.0. The Balaban J connectivity index is 1.61. The fraction of sp³-hybridized carbons (Fsp3) is 0.435. The zero-order valence-electron chi connectivity index (χ0n) is 18.9. The molecule has 0 atom stereocenters. The highest BCUT2D eigenvalue weighted by atomic mass is 32.2. The third-order valence-corrected chi connectivity index (χ3v) is 7.80. The van der Waals surface area contributed by atoms with E-state index >= 15 is 0 Å². The summed E-state index contributed by atoms with van der Waals surface area (Å²) in [7, 11) is -1.69. The number of carbonyl (C=O) groups is 1. The summed E-state index contributed by atoms with van der Waals surface area (Å²) in [5, 5.41) is 8.05. The summed E-state index contributed by atoms with van der Waals surface area (Å²) in [5.41, 5.74) is 3.26. The van der Waals surface area contributed by atoms with Gasteiger partial charge in [0.1, 0.15) is 0 Å². The van der Waals surface area contributed by atoms with Gasteiger partial charge in [0.25, 0.3) is 5.91 Å². The van der Waals surface area contributed by atoms with Gasteiger partial charge in [-0.3, -0.25) is 9.48 Å². The van der Waals surface area contributed by atoms with E-state index in [4.69, 9.17) is 0 Å². The molecular weight excluding hydrogens is 426 g/mol. The summed E-state index contributed by atoms with van der Waals surface area (Å²) < 4.78 is 28.9. The number of aromatic nitrogens is 3. The molecule has 1 saturated heterocycles. The van der Waals surface area contributed by atoms with Crippen LogP contribution in [0, 0.1) is 6.92 Å². The maximum Gasteiger partial charge on any atom is 0.256 e. The van der Waals surface area contributed by atoms with Crippen LogP contribution in [0.25, 0.3) is 11.0 Å². The number of hydrogen-bond acceptors (Lipinski definition) is 5. The summed E-state index contributed by atoms with van der Waals surface area (Å²) in [5.74, 6) is -0.123. The quantitative estimate of drug-likeness (QED) is 0.631. The Morgan fingerprint density at radius 2 is 1.75 bits per heavy atom. The first kappa shape index (κ1) is 22.4. The van der Waals surface area contributed by atoms with Crippen molar-refractivity contribution in [2.75, 3.05) is 18.4 Å². The molecule has 1 N–H and O–H groups in total. The minimum absolute atomic E-state index is 0.153. The lowest BCUT2D eigenvalue weighted by Gasteiger charge is -2.25. The zero-order chi connectivity index (χ0) is 23.0. The number of nitrogens with one attached hydrogen (secondary N) is 1. The molecule has 9 heteroatoms. The highest BCUT2D eigenvalue weighted by Gasteiger charge is 2.26. The van der Waals surface area contributed by atoms with E-state index in [0.717, 1.165) is 36.0 Å². The van der Waals surface area contributed by atoms with E-state index < -0.39 is 10.0 Å². The number of benzene rings is 1. The molecule has 1 aromatic carbocycles. The predicted octanol–water partition coefficient (Wildman–Crippen LogP) is 3.83. The van der Waals surface area contributed by atoms with Gasteiger partial charge in [0.2, 0.25) is 10.0 Å². The first-order valence-electron chi connectivity index (χ1n) is 10.9. The largest absolute Gasteiger partial charge is 0.322 e. The average Bonchev–Trinajstić information content (AvgIpc) is 3.07. The molecule has 0 saturated carbocycles. The Labute approximate surface area is 188 Å². The molecule has 2 aromatic heterocycles. The zero-order valence-corrected chi connectivity index (χ0v) is 19.7. The smallest absolute Gasteiger partial charge is 0.256 e. The number of rotatable bonds is 5. The van der Waals surface area contributed by atoms with Gasteiger partial charge in [-0.1, -0.05) is 20.3 Å². The van der Waals surface area contributed by atoms with Gasteiger partial charge in [-0.25, -0.2) is 13.4 Å². The van der Waals surface area contributed by atoms with Crippen LogP contribution in [0.3, 0.4) is 0 Å². The van der Waals surface area contributed by atoms with Crippen molar-refractivity contribution >= 4 is 32.7 Å². The van der Waals surface area contributed by atoms with Gasteiger partial charge >= 0.3 is 0 Å². The number of aryl methyl sites for hydroxylation is 2. The number of sulfonamides is 1. The fourth-order valence-corrected chi connectivity index (χ4v) is 5.62. The number of amides is 1. The summed E-state index contributed by atoms with van der Waals surface area (Å²) in [6.07, 6.45) is 2.84. The summed E-state index contributed by atoms with van der Waals surface area (Å²) in [6, 6.07) is 8.18. The minimum atomic E-state index is -3.50. The molecule has 0 aliphatic carbocycles. The number of fused-ring (bicyclic) bond motifs is 1. The first-order valence-corrected chi connectivity index (χ1v) is 12.4. The van der Waals surface area contributed by atoms with Crippen molar-refractivity contribution in [2.24, 2.45) is 7.05 Å². The van der Waals surface area contributed by atoms with Gasteiger partial charge in [-0.05, 0) is 56.0 Å². The van der Waals surface area contributed by atoms with Crippen LogP contribution in [0.1, 0.15) is 60.8 Å². The molecule has 170 valence electrons. The van der Waals surface area contributed by atoms with Gasteiger partial charge in [0.05, 0.1) is 21.5 Å². The topological polar surface area (TPSA) is 97.2 Å². The van der Waals surface area contributed by atoms with E-state index in [1.165, 1.54) is 4.31 Å². The summed E-state index contributed by atoms with van der Waals surface area (Å²) in [4.78, 5) is 18.1. The lowest BCUT2D eigenvalue weighted by Crippen LogP contribution is -2.35. The molecule has 3 aromatic rings. The SMILES string of the molecule is Cc1nn(C)c2nc(C(C)C)cc(C(=O)Nc3ccc(S(=O)(=O)N4CCCCC4)cc3)c12. The summed E-state index contributed by atoms with van der Waals surface area (Å²) >= 11 is 0. The highest BCUT2D eigenvalue weighted by molar-refractivity contribution is 7.89. The van der Waals surface area contributed by atoms with Crippen LogP contribution in [-0.2, 0) is 17.1 Å². The van der Waals surface area contributed by atoms with Crippen LogP contribution in [0.4, 0.5) is 5.69 Å². The normalized spacial score (nSPS) is 15.4. The van der Waals surface area contributed by atoms with Crippen molar-refractivity contribution < 1.29 is 13.2 Å². The number of hydrogen-bond donors (Lipinski definition) is 1. The average molecular weight is 456 g/mol. The van der Waals surface area contributed by atoms with E-state index in [1.807, 2.05) is 33.9 Å². The van der Waals surface area contributed by atoms with E-state index in [-0.39, 0.29) is 16.7 Å². The number of pyridine rings is 1. The molecule has 4 rings (SSSR count). The molecule has 0 spiro atoms. The molecule has 1 fully saturated rings. The van der Waals surface area contributed by atoms with Crippen LogP contribution < -0.4 is 5.32 Å². The molecule has 0 unspecified atom stereocenters. The van der Waals surface area contributed by atoms with Crippen LogP contribution >= 0.6 is 0 Å². The lowest BCUT2D eigenvalue weighted by molar-refractivity contribution is 0.102. The molecule has 1 aliphatic heterocycles. The second kappa shape index (κ2) is 8.63. The van der Waals surface area contributed by atoms with Gasteiger partial charge in [-0.15, -0.1) is 0 Å². The van der Waals surface area contributed by atoms with E-state index in [0.29, 0.717) is 30.0 Å². The molecule has 32 heavy (non-hydrogen) atoms. The van der Waals surface area contributed by atoms with Crippen LogP contribution in [-0.4, -0.2) is 46.5 Å². The van der Waals surface area contributed by atoms with Crippen molar-refractivity contribution in [1.29, 1.82) is 0 Å². The molecule has 1 aliphatic rings. The van der Waals surface area contributed by atoms with Gasteiger partial charge in [-0.2, -0.15) is 9.40 Å². The maximum absolute atomic E-state index is 13.2. The van der Waals surface area contributed by atoms with Gasteiger partial charge in [0.15, 0.2) is 5.65 Å². The van der Waals surface area contributed by atoms with E-state index in [9.17, 15) is 13.2 Å². The van der Waals surface area contributed by atoms with E-state index in [2.05, 4.69) is 15.4 Å². The first-order chi connectivity index (χ1) is 15.2. The minimum Gasteiger partial charge on any atom is -0.322 e. The predicted molar refractivity (Wildman–Crippen MR) is 124 cm³/mol. The van der Waals surface area contributed by atoms with Crippen LogP contribution in [0.2, 0.25) is 0 Å². The van der Waals surface area contributed by atoms with E-state index in [1.54, 1.807) is 28.9 Å². The molecule has 0 bridgehead atoms.